The van der Waals surface area contributed by atoms with Crippen molar-refractivity contribution in [1.82, 2.24) is 5.32 Å². The van der Waals surface area contributed by atoms with Crippen LogP contribution < -0.4 is 5.32 Å². The fourth-order valence-electron chi connectivity index (χ4n) is 2.80. The van der Waals surface area contributed by atoms with Crippen LogP contribution >= 0.6 is 0 Å². The summed E-state index contributed by atoms with van der Waals surface area (Å²) in [5, 5.41) is 23.9. The molecule has 1 heterocycles. The van der Waals surface area contributed by atoms with Crippen LogP contribution in [-0.4, -0.2) is 36.1 Å². The van der Waals surface area contributed by atoms with Crippen LogP contribution in [0.3, 0.4) is 0 Å². The zero-order valence-corrected chi connectivity index (χ0v) is 17.8. The van der Waals surface area contributed by atoms with Crippen LogP contribution in [0.2, 0.25) is 0 Å². The zero-order chi connectivity index (χ0) is 17.4. The second-order valence-corrected chi connectivity index (χ2v) is 6.13. The molecule has 0 bridgehead atoms. The molecule has 0 radical (unpaired) electrons. The predicted molar refractivity (Wildman–Crippen MR) is 98.2 cm³/mol. The van der Waals surface area contributed by atoms with E-state index in [-0.39, 0.29) is 39.9 Å². The Kier molecular flexibility index (Phi) is 10.2. The monoisotopic (exact) mass is 511 g/mol. The summed E-state index contributed by atoms with van der Waals surface area (Å²) in [6.07, 6.45) is 0.714. The molecule has 0 aliphatic carbocycles. The van der Waals surface area contributed by atoms with Gasteiger partial charge in [-0.1, -0.05) is 71.3 Å². The van der Waals surface area contributed by atoms with Crippen molar-refractivity contribution in [3.63, 3.8) is 0 Å². The zero-order valence-electron chi connectivity index (χ0n) is 14.9. The molecule has 2 unspecified atom stereocenters. The van der Waals surface area contributed by atoms with Gasteiger partial charge in [-0.15, -0.1) is 6.54 Å². The summed E-state index contributed by atoms with van der Waals surface area (Å²) in [5.74, 6) is 0. The second kappa shape index (κ2) is 11.6. The molecule has 1 aliphatic rings. The molecule has 0 saturated carbocycles. The third kappa shape index (κ3) is 7.01. The van der Waals surface area contributed by atoms with Crippen molar-refractivity contribution in [2.75, 3.05) is 19.8 Å². The van der Waals surface area contributed by atoms with Gasteiger partial charge in [0.15, 0.2) is 0 Å². The Bertz CT molecular complexity index is 620. The predicted octanol–water partition coefficient (Wildman–Crippen LogP) is 2.92. The number of rotatable bonds is 4. The normalized spacial score (nSPS) is 16.7. The molecule has 0 aromatic heterocycles. The van der Waals surface area contributed by atoms with E-state index in [0.717, 1.165) is 13.0 Å². The van der Waals surface area contributed by atoms with Crippen LogP contribution in [0, 0.1) is 6.92 Å². The fraction of sp³-hybridized carbons (Fsp3) is 0.400. The number of aliphatic hydroxyl groups excluding tert-OH is 2. The molecule has 2 aromatic carbocycles. The minimum absolute atomic E-state index is 0. The molecule has 4 nitrogen and oxygen atoms in total. The Hall–Kier alpha value is -1.03. The van der Waals surface area contributed by atoms with Gasteiger partial charge in [-0.2, -0.15) is 0 Å². The fourth-order valence-corrected chi connectivity index (χ4v) is 2.80. The van der Waals surface area contributed by atoms with E-state index < -0.39 is 0 Å². The minimum Gasteiger partial charge on any atom is -0.652 e. The third-order valence-electron chi connectivity index (χ3n) is 3.96. The van der Waals surface area contributed by atoms with E-state index in [0.29, 0.717) is 6.54 Å². The van der Waals surface area contributed by atoms with Crippen LogP contribution in [0.25, 0.3) is 5.32 Å². The maximum absolute atomic E-state index is 8.51. The molecule has 2 aromatic rings. The first-order chi connectivity index (χ1) is 11.6. The first-order valence-electron chi connectivity index (χ1n) is 8.42. The molecule has 0 amide bonds. The first kappa shape index (κ1) is 22.0. The van der Waals surface area contributed by atoms with Crippen molar-refractivity contribution in [2.45, 2.75) is 32.4 Å². The number of hydrogen-bond acceptors (Lipinski definition) is 3. The summed E-state index contributed by atoms with van der Waals surface area (Å²) in [4.78, 5) is 0. The molecule has 0 spiro atoms. The van der Waals surface area contributed by atoms with Crippen molar-refractivity contribution in [2.24, 2.45) is 0 Å². The van der Waals surface area contributed by atoms with Crippen LogP contribution in [0.15, 0.2) is 48.5 Å². The SMILES string of the molecule is CC(O)CNCO.Cc1ccc2c(c1)C(c1ccccc1)[N-]CC2.[W]. The number of aliphatic hydroxyl groups is 2. The summed E-state index contributed by atoms with van der Waals surface area (Å²) in [6, 6.07) is 17.6. The van der Waals surface area contributed by atoms with Crippen molar-refractivity contribution in [1.29, 1.82) is 0 Å². The molecule has 2 atom stereocenters. The van der Waals surface area contributed by atoms with Crippen LogP contribution in [-0.2, 0) is 27.5 Å². The molecular formula is C20H27N2O2W-. The van der Waals surface area contributed by atoms with Gasteiger partial charge in [0, 0.05) is 27.6 Å². The maximum atomic E-state index is 8.51. The van der Waals surface area contributed by atoms with Crippen LogP contribution in [0.1, 0.15) is 35.2 Å². The van der Waals surface area contributed by atoms with Gasteiger partial charge in [-0.25, -0.2) is 0 Å². The second-order valence-electron chi connectivity index (χ2n) is 6.13. The molecule has 3 rings (SSSR count). The van der Waals surface area contributed by atoms with Crippen molar-refractivity contribution in [3.05, 3.63) is 76.1 Å². The number of hydrogen-bond donors (Lipinski definition) is 3. The van der Waals surface area contributed by atoms with E-state index in [9.17, 15) is 0 Å². The number of nitrogens with one attached hydrogen (secondary N) is 1. The largest absolute Gasteiger partial charge is 0.652 e. The van der Waals surface area contributed by atoms with Crippen LogP contribution in [0.5, 0.6) is 0 Å². The van der Waals surface area contributed by atoms with E-state index in [2.05, 4.69) is 60.8 Å². The van der Waals surface area contributed by atoms with Gasteiger partial charge in [-0.3, -0.25) is 5.32 Å². The number of nitrogens with zero attached hydrogens (tertiary/aromatic N) is 1. The summed E-state index contributed by atoms with van der Waals surface area (Å²) in [6.45, 7) is 5.14. The van der Waals surface area contributed by atoms with E-state index in [1.54, 1.807) is 6.92 Å². The average Bonchev–Trinajstić information content (AvgIpc) is 2.60. The van der Waals surface area contributed by atoms with Crippen molar-refractivity contribution >= 4 is 0 Å². The Balaban J connectivity index is 0.000000339. The molecule has 0 fully saturated rings. The van der Waals surface area contributed by atoms with Crippen molar-refractivity contribution in [3.8, 4) is 0 Å². The molecule has 1 aliphatic heterocycles. The quantitative estimate of drug-likeness (QED) is 0.554. The minimum atomic E-state index is -0.368. The van der Waals surface area contributed by atoms with Gasteiger partial charge in [0.2, 0.25) is 0 Å². The Labute approximate surface area is 164 Å². The smallest absolute Gasteiger partial charge is 0.0932 e. The average molecular weight is 511 g/mol. The third-order valence-corrected chi connectivity index (χ3v) is 3.96. The summed E-state index contributed by atoms with van der Waals surface area (Å²) in [5.41, 5.74) is 5.47. The molecule has 5 heteroatoms. The van der Waals surface area contributed by atoms with Gasteiger partial charge < -0.3 is 15.5 Å². The first-order valence-corrected chi connectivity index (χ1v) is 8.42. The van der Waals surface area contributed by atoms with Gasteiger partial charge in [-0.05, 0) is 25.8 Å². The number of aryl methyl sites for hydroxylation is 1. The van der Waals surface area contributed by atoms with Crippen LogP contribution in [0.4, 0.5) is 0 Å². The van der Waals surface area contributed by atoms with E-state index in [1.165, 1.54) is 22.3 Å². The standard InChI is InChI=1S/C16H16N.C4H11NO2.W/c1-12-7-8-13-9-10-17-16(15(13)11-12)14-5-3-2-4-6-14;1-4(7)2-5-3-6;/h2-8,11,16H,9-10H2,1H3;4-7H,2-3H2,1H3;/q-1;;. The molecule has 3 N–H and O–H groups in total. The van der Waals surface area contributed by atoms with Crippen molar-refractivity contribution < 1.29 is 31.3 Å². The topological polar surface area (TPSA) is 66.6 Å². The number of fused-ring (bicyclic) bond motifs is 1. The Morgan fingerprint density at radius 2 is 1.92 bits per heavy atom. The number of benzene rings is 2. The van der Waals surface area contributed by atoms with E-state index in [4.69, 9.17) is 15.5 Å². The Morgan fingerprint density at radius 3 is 2.52 bits per heavy atom. The maximum Gasteiger partial charge on any atom is 0.0932 e. The van der Waals surface area contributed by atoms with Gasteiger partial charge in [0.25, 0.3) is 0 Å². The molecule has 136 valence electrons. The van der Waals surface area contributed by atoms with Gasteiger partial charge in [0.1, 0.15) is 0 Å². The van der Waals surface area contributed by atoms with E-state index >= 15 is 0 Å². The Morgan fingerprint density at radius 1 is 1.20 bits per heavy atom. The van der Waals surface area contributed by atoms with Gasteiger partial charge in [0.05, 0.1) is 12.8 Å². The van der Waals surface area contributed by atoms with Gasteiger partial charge >= 0.3 is 0 Å². The molecule has 0 saturated heterocycles. The molecule has 25 heavy (non-hydrogen) atoms. The summed E-state index contributed by atoms with van der Waals surface area (Å²) in [7, 11) is 0. The summed E-state index contributed by atoms with van der Waals surface area (Å²) < 4.78 is 0. The molecular weight excluding hydrogens is 484 g/mol. The summed E-state index contributed by atoms with van der Waals surface area (Å²) >= 11 is 0. The van der Waals surface area contributed by atoms with E-state index in [1.807, 2.05) is 0 Å².